The number of carbonyl (C=O) groups excluding carboxylic acids is 2. The third-order valence-electron chi connectivity index (χ3n) is 3.72. The van der Waals surface area contributed by atoms with Crippen molar-refractivity contribution in [1.82, 2.24) is 4.90 Å². The van der Waals surface area contributed by atoms with Crippen LogP contribution >= 0.6 is 0 Å². The van der Waals surface area contributed by atoms with Crippen molar-refractivity contribution < 1.29 is 19.5 Å². The Morgan fingerprint density at radius 2 is 2.00 bits per heavy atom. The third-order valence-corrected chi connectivity index (χ3v) is 3.72. The van der Waals surface area contributed by atoms with Crippen molar-refractivity contribution in [3.8, 4) is 0 Å². The van der Waals surface area contributed by atoms with Gasteiger partial charge in [-0.2, -0.15) is 0 Å². The molecule has 0 saturated carbocycles. The lowest BCUT2D eigenvalue weighted by molar-refractivity contribution is -0.144. The smallest absolute Gasteiger partial charge is 0.306 e. The number of nitrogens with one attached hydrogen (secondary N) is 1. The van der Waals surface area contributed by atoms with Gasteiger partial charge in [-0.05, 0) is 18.2 Å². The van der Waals surface area contributed by atoms with Gasteiger partial charge in [0.1, 0.15) is 0 Å². The van der Waals surface area contributed by atoms with Gasteiger partial charge in [-0.15, -0.1) is 0 Å². The molecule has 2 rings (SSSR count). The number of carboxylic acids is 1. The minimum absolute atomic E-state index is 0.00461. The van der Waals surface area contributed by atoms with Gasteiger partial charge in [0.2, 0.25) is 5.91 Å². The van der Waals surface area contributed by atoms with E-state index in [1.54, 1.807) is 36.1 Å². The number of anilines is 1. The quantitative estimate of drug-likeness (QED) is 0.878. The second-order valence-corrected chi connectivity index (χ2v) is 5.36. The molecular formula is C15H18N2O4. The van der Waals surface area contributed by atoms with Crippen LogP contribution in [0.1, 0.15) is 24.2 Å². The van der Waals surface area contributed by atoms with E-state index in [9.17, 15) is 14.4 Å². The van der Waals surface area contributed by atoms with Crippen LogP contribution < -0.4 is 5.32 Å². The molecule has 1 fully saturated rings. The summed E-state index contributed by atoms with van der Waals surface area (Å²) in [6.45, 7) is 3.97. The zero-order valence-corrected chi connectivity index (χ0v) is 12.0. The number of amides is 2. The Hall–Kier alpha value is -2.37. The second kappa shape index (κ2) is 5.95. The number of carboxylic acid groups (broad SMARTS) is 1. The van der Waals surface area contributed by atoms with Gasteiger partial charge in [-0.1, -0.05) is 13.0 Å². The molecule has 0 bridgehead atoms. The molecule has 21 heavy (non-hydrogen) atoms. The van der Waals surface area contributed by atoms with Crippen LogP contribution in [-0.2, 0) is 9.59 Å². The lowest BCUT2D eigenvalue weighted by Crippen LogP contribution is -2.53. The number of hydrogen-bond donors (Lipinski definition) is 2. The molecule has 0 radical (unpaired) electrons. The molecule has 6 heteroatoms. The zero-order chi connectivity index (χ0) is 15.6. The van der Waals surface area contributed by atoms with E-state index in [4.69, 9.17) is 5.11 Å². The number of hydrogen-bond acceptors (Lipinski definition) is 3. The molecule has 2 amide bonds. The van der Waals surface area contributed by atoms with E-state index in [-0.39, 0.29) is 17.7 Å². The predicted molar refractivity (Wildman–Crippen MR) is 76.9 cm³/mol. The second-order valence-electron chi connectivity index (χ2n) is 5.36. The number of carbonyl (C=O) groups is 3. The molecule has 1 aromatic rings. The van der Waals surface area contributed by atoms with Crippen molar-refractivity contribution >= 4 is 23.5 Å². The maximum atomic E-state index is 12.3. The van der Waals surface area contributed by atoms with Crippen molar-refractivity contribution in [3.63, 3.8) is 0 Å². The minimum atomic E-state index is -0.834. The average molecular weight is 290 g/mol. The van der Waals surface area contributed by atoms with Gasteiger partial charge in [0, 0.05) is 37.2 Å². The molecule has 0 spiro atoms. The first-order valence-electron chi connectivity index (χ1n) is 6.78. The average Bonchev–Trinajstić information content (AvgIpc) is 2.36. The first-order valence-corrected chi connectivity index (χ1v) is 6.78. The lowest BCUT2D eigenvalue weighted by Gasteiger charge is -2.41. The van der Waals surface area contributed by atoms with E-state index in [0.717, 1.165) is 0 Å². The van der Waals surface area contributed by atoms with Crippen molar-refractivity contribution in [2.45, 2.75) is 13.8 Å². The van der Waals surface area contributed by atoms with Gasteiger partial charge < -0.3 is 15.3 Å². The van der Waals surface area contributed by atoms with Crippen LogP contribution in [0.25, 0.3) is 0 Å². The first kappa shape index (κ1) is 15.0. The minimum Gasteiger partial charge on any atom is -0.481 e. The summed E-state index contributed by atoms with van der Waals surface area (Å²) in [7, 11) is 0. The summed E-state index contributed by atoms with van der Waals surface area (Å²) < 4.78 is 0. The fraction of sp³-hybridized carbons (Fsp3) is 0.400. The Balaban J connectivity index is 1.99. The molecule has 0 aliphatic carbocycles. The standard InChI is InChI=1S/C15H18N2O4/c1-9(15(20)21)12-7-17(8-12)14(19)11-4-3-5-13(6-11)16-10(2)18/h3-6,9,12H,7-8H2,1-2H3,(H,16,18)(H,20,21). The van der Waals surface area contributed by atoms with Crippen LogP contribution in [0, 0.1) is 11.8 Å². The Kier molecular flexibility index (Phi) is 4.26. The van der Waals surface area contributed by atoms with Crippen molar-refractivity contribution in [3.05, 3.63) is 29.8 Å². The van der Waals surface area contributed by atoms with Crippen LogP contribution in [-0.4, -0.2) is 40.9 Å². The van der Waals surface area contributed by atoms with E-state index >= 15 is 0 Å². The van der Waals surface area contributed by atoms with Gasteiger partial charge >= 0.3 is 5.97 Å². The van der Waals surface area contributed by atoms with E-state index in [0.29, 0.717) is 24.3 Å². The maximum Gasteiger partial charge on any atom is 0.306 e. The van der Waals surface area contributed by atoms with Gasteiger partial charge in [-0.25, -0.2) is 0 Å². The van der Waals surface area contributed by atoms with Gasteiger partial charge in [0.25, 0.3) is 5.91 Å². The van der Waals surface area contributed by atoms with Crippen LogP contribution in [0.5, 0.6) is 0 Å². The Bertz CT molecular complexity index is 579. The van der Waals surface area contributed by atoms with E-state index in [2.05, 4.69) is 5.32 Å². The molecule has 1 unspecified atom stereocenters. The van der Waals surface area contributed by atoms with Gasteiger partial charge in [0.15, 0.2) is 0 Å². The summed E-state index contributed by atoms with van der Waals surface area (Å²) in [4.78, 5) is 35.8. The highest BCUT2D eigenvalue weighted by atomic mass is 16.4. The van der Waals surface area contributed by atoms with Crippen LogP contribution in [0.15, 0.2) is 24.3 Å². The molecule has 6 nitrogen and oxygen atoms in total. The highest BCUT2D eigenvalue weighted by Gasteiger charge is 2.37. The molecule has 2 N–H and O–H groups in total. The maximum absolute atomic E-state index is 12.3. The largest absolute Gasteiger partial charge is 0.481 e. The van der Waals surface area contributed by atoms with E-state index in [1.807, 2.05) is 0 Å². The van der Waals surface area contributed by atoms with Gasteiger partial charge in [0.05, 0.1) is 5.92 Å². The molecule has 0 aromatic heterocycles. The van der Waals surface area contributed by atoms with Crippen molar-refractivity contribution in [2.24, 2.45) is 11.8 Å². The van der Waals surface area contributed by atoms with Crippen molar-refractivity contribution in [2.75, 3.05) is 18.4 Å². The van der Waals surface area contributed by atoms with E-state index in [1.165, 1.54) is 6.92 Å². The van der Waals surface area contributed by atoms with Crippen LogP contribution in [0.2, 0.25) is 0 Å². The highest BCUT2D eigenvalue weighted by Crippen LogP contribution is 2.26. The highest BCUT2D eigenvalue weighted by molar-refractivity contribution is 5.97. The molecular weight excluding hydrogens is 272 g/mol. The Morgan fingerprint density at radius 3 is 2.57 bits per heavy atom. The summed E-state index contributed by atoms with van der Waals surface area (Å²) >= 11 is 0. The zero-order valence-electron chi connectivity index (χ0n) is 12.0. The number of nitrogens with zero attached hydrogens (tertiary/aromatic N) is 1. The molecule has 1 saturated heterocycles. The number of rotatable bonds is 4. The first-order chi connectivity index (χ1) is 9.88. The SMILES string of the molecule is CC(=O)Nc1cccc(C(=O)N2CC(C(C)C(=O)O)C2)c1. The van der Waals surface area contributed by atoms with Crippen LogP contribution in [0.3, 0.4) is 0 Å². The Morgan fingerprint density at radius 1 is 1.33 bits per heavy atom. The lowest BCUT2D eigenvalue weighted by atomic mass is 9.86. The van der Waals surface area contributed by atoms with E-state index < -0.39 is 11.9 Å². The molecule has 1 atom stereocenters. The molecule has 1 aromatic carbocycles. The fourth-order valence-electron chi connectivity index (χ4n) is 2.31. The summed E-state index contributed by atoms with van der Waals surface area (Å²) in [5.41, 5.74) is 1.06. The number of aliphatic carboxylic acids is 1. The summed E-state index contributed by atoms with van der Waals surface area (Å²) in [5.74, 6) is -1.61. The summed E-state index contributed by atoms with van der Waals surface area (Å²) in [6, 6.07) is 6.72. The summed E-state index contributed by atoms with van der Waals surface area (Å²) in [5, 5.41) is 11.6. The van der Waals surface area contributed by atoms with Crippen LogP contribution in [0.4, 0.5) is 5.69 Å². The Labute approximate surface area is 122 Å². The molecule has 1 aliphatic heterocycles. The number of benzene rings is 1. The molecule has 1 aliphatic rings. The molecule has 1 heterocycles. The topological polar surface area (TPSA) is 86.7 Å². The monoisotopic (exact) mass is 290 g/mol. The third kappa shape index (κ3) is 3.39. The fourth-order valence-corrected chi connectivity index (χ4v) is 2.31. The predicted octanol–water partition coefficient (Wildman–Crippen LogP) is 1.44. The summed E-state index contributed by atoms with van der Waals surface area (Å²) in [6.07, 6.45) is 0. The number of likely N-dealkylation sites (tertiary alicyclic amines) is 1. The normalized spacial score (nSPS) is 16.0. The van der Waals surface area contributed by atoms with Crippen molar-refractivity contribution in [1.29, 1.82) is 0 Å². The molecule has 112 valence electrons. The van der Waals surface area contributed by atoms with Gasteiger partial charge in [-0.3, -0.25) is 14.4 Å².